The van der Waals surface area contributed by atoms with Crippen molar-refractivity contribution in [3.8, 4) is 5.75 Å². The third-order valence-corrected chi connectivity index (χ3v) is 4.30. The molecule has 0 saturated carbocycles. The van der Waals surface area contributed by atoms with Crippen LogP contribution in [0.1, 0.15) is 5.56 Å². The van der Waals surface area contributed by atoms with Crippen molar-refractivity contribution in [2.75, 3.05) is 10.6 Å². The standard InChI is InChI=1S/C15H9Br2FN2O2/c16-9-3-7(4-10(17)14(9)21)5-13-15(22)20-12-6-8(18)1-2-11(12)19-13/h1-6,19,21H,(H,20,22). The minimum atomic E-state index is -0.417. The van der Waals surface area contributed by atoms with Crippen molar-refractivity contribution in [3.63, 3.8) is 0 Å². The Labute approximate surface area is 142 Å². The van der Waals surface area contributed by atoms with E-state index in [-0.39, 0.29) is 11.7 Å². The van der Waals surface area contributed by atoms with E-state index >= 15 is 0 Å². The number of nitrogens with one attached hydrogen (secondary N) is 2. The summed E-state index contributed by atoms with van der Waals surface area (Å²) in [7, 11) is 0. The average Bonchev–Trinajstić information content (AvgIpc) is 2.45. The molecule has 0 saturated heterocycles. The first-order valence-corrected chi connectivity index (χ1v) is 7.80. The van der Waals surface area contributed by atoms with Crippen molar-refractivity contribution in [1.82, 2.24) is 0 Å². The number of carbonyl (C=O) groups excluding carboxylic acids is 1. The number of benzene rings is 2. The van der Waals surface area contributed by atoms with Gasteiger partial charge in [-0.2, -0.15) is 0 Å². The van der Waals surface area contributed by atoms with E-state index in [1.54, 1.807) is 24.3 Å². The largest absolute Gasteiger partial charge is 0.506 e. The van der Waals surface area contributed by atoms with Crippen LogP contribution < -0.4 is 10.6 Å². The van der Waals surface area contributed by atoms with Crippen LogP contribution in [-0.4, -0.2) is 11.0 Å². The van der Waals surface area contributed by atoms with Gasteiger partial charge in [-0.3, -0.25) is 4.79 Å². The zero-order chi connectivity index (χ0) is 15.9. The Bertz CT molecular complexity index is 798. The Morgan fingerprint density at radius 2 is 1.73 bits per heavy atom. The summed E-state index contributed by atoms with van der Waals surface area (Å²) >= 11 is 6.48. The molecule has 0 aromatic heterocycles. The van der Waals surface area contributed by atoms with E-state index in [0.29, 0.717) is 31.6 Å². The molecule has 0 radical (unpaired) electrons. The van der Waals surface area contributed by atoms with E-state index < -0.39 is 5.82 Å². The van der Waals surface area contributed by atoms with E-state index in [1.807, 2.05) is 0 Å². The summed E-state index contributed by atoms with van der Waals surface area (Å²) in [4.78, 5) is 12.1. The number of carbonyl (C=O) groups is 1. The van der Waals surface area contributed by atoms with Crippen LogP contribution in [0.5, 0.6) is 5.75 Å². The fraction of sp³-hybridized carbons (Fsp3) is 0. The van der Waals surface area contributed by atoms with Gasteiger partial charge in [-0.1, -0.05) is 0 Å². The highest BCUT2D eigenvalue weighted by molar-refractivity contribution is 9.11. The fourth-order valence-electron chi connectivity index (χ4n) is 2.06. The molecule has 1 amide bonds. The van der Waals surface area contributed by atoms with E-state index in [4.69, 9.17) is 0 Å². The average molecular weight is 428 g/mol. The summed E-state index contributed by atoms with van der Waals surface area (Å²) in [6.07, 6.45) is 1.64. The van der Waals surface area contributed by atoms with Crippen LogP contribution >= 0.6 is 31.9 Å². The molecule has 2 aromatic carbocycles. The van der Waals surface area contributed by atoms with Crippen LogP contribution in [0.3, 0.4) is 0 Å². The quantitative estimate of drug-likeness (QED) is 0.588. The highest BCUT2D eigenvalue weighted by Gasteiger charge is 2.20. The Balaban J connectivity index is 1.99. The highest BCUT2D eigenvalue weighted by Crippen LogP contribution is 2.35. The maximum atomic E-state index is 13.2. The Morgan fingerprint density at radius 1 is 1.05 bits per heavy atom. The number of rotatable bonds is 1. The molecule has 0 aliphatic carbocycles. The van der Waals surface area contributed by atoms with E-state index in [2.05, 4.69) is 42.5 Å². The molecule has 22 heavy (non-hydrogen) atoms. The Hall–Kier alpha value is -1.86. The predicted molar refractivity (Wildman–Crippen MR) is 90.1 cm³/mol. The second kappa shape index (κ2) is 5.73. The van der Waals surface area contributed by atoms with Crippen LogP contribution in [0.4, 0.5) is 15.8 Å². The normalized spacial score (nSPS) is 15.2. The van der Waals surface area contributed by atoms with Crippen LogP contribution in [0.2, 0.25) is 0 Å². The lowest BCUT2D eigenvalue weighted by atomic mass is 10.1. The molecule has 0 atom stereocenters. The molecule has 0 fully saturated rings. The molecule has 3 N–H and O–H groups in total. The third-order valence-electron chi connectivity index (χ3n) is 3.09. The van der Waals surface area contributed by atoms with E-state index in [9.17, 15) is 14.3 Å². The van der Waals surface area contributed by atoms with Crippen molar-refractivity contribution in [1.29, 1.82) is 0 Å². The minimum Gasteiger partial charge on any atom is -0.506 e. The molecule has 1 heterocycles. The molecule has 4 nitrogen and oxygen atoms in total. The zero-order valence-corrected chi connectivity index (χ0v) is 14.1. The molecule has 112 valence electrons. The summed E-state index contributed by atoms with van der Waals surface area (Å²) in [5.41, 5.74) is 2.04. The van der Waals surface area contributed by atoms with Crippen LogP contribution in [0, 0.1) is 5.82 Å². The summed E-state index contributed by atoms with van der Waals surface area (Å²) in [5, 5.41) is 15.3. The number of hydrogen-bond acceptors (Lipinski definition) is 3. The number of aromatic hydroxyl groups is 1. The number of anilines is 2. The number of halogens is 3. The van der Waals surface area contributed by atoms with Crippen molar-refractivity contribution in [2.24, 2.45) is 0 Å². The molecule has 3 rings (SSSR count). The molecule has 2 aromatic rings. The Kier molecular flexibility index (Phi) is 3.92. The summed E-state index contributed by atoms with van der Waals surface area (Å²) < 4.78 is 14.2. The topological polar surface area (TPSA) is 61.4 Å². The molecule has 0 spiro atoms. The first-order valence-electron chi connectivity index (χ1n) is 6.21. The Morgan fingerprint density at radius 3 is 2.41 bits per heavy atom. The van der Waals surface area contributed by atoms with Crippen molar-refractivity contribution >= 4 is 55.2 Å². The predicted octanol–water partition coefficient (Wildman–Crippen LogP) is 4.46. The van der Waals surface area contributed by atoms with Gasteiger partial charge in [0.1, 0.15) is 17.3 Å². The number of fused-ring (bicyclic) bond motifs is 1. The van der Waals surface area contributed by atoms with Gasteiger partial charge in [-0.05, 0) is 73.8 Å². The number of amides is 1. The van der Waals surface area contributed by atoms with Gasteiger partial charge in [-0.15, -0.1) is 0 Å². The monoisotopic (exact) mass is 426 g/mol. The summed E-state index contributed by atoms with van der Waals surface area (Å²) in [6.45, 7) is 0. The maximum Gasteiger partial charge on any atom is 0.272 e. The molecular weight excluding hydrogens is 419 g/mol. The van der Waals surface area contributed by atoms with Crippen LogP contribution in [0.15, 0.2) is 45.0 Å². The van der Waals surface area contributed by atoms with E-state index in [1.165, 1.54) is 12.1 Å². The third kappa shape index (κ3) is 2.86. The molecular formula is C15H9Br2FN2O2. The van der Waals surface area contributed by atoms with Gasteiger partial charge in [0.2, 0.25) is 0 Å². The van der Waals surface area contributed by atoms with Gasteiger partial charge in [0, 0.05) is 0 Å². The van der Waals surface area contributed by atoms with Crippen molar-refractivity contribution < 1.29 is 14.3 Å². The van der Waals surface area contributed by atoms with Gasteiger partial charge < -0.3 is 15.7 Å². The lowest BCUT2D eigenvalue weighted by molar-refractivity contribution is -0.112. The number of hydrogen-bond donors (Lipinski definition) is 3. The zero-order valence-electron chi connectivity index (χ0n) is 11.0. The van der Waals surface area contributed by atoms with Gasteiger partial charge in [0.25, 0.3) is 5.91 Å². The molecule has 0 bridgehead atoms. The van der Waals surface area contributed by atoms with Crippen LogP contribution in [-0.2, 0) is 4.79 Å². The van der Waals surface area contributed by atoms with Crippen LogP contribution in [0.25, 0.3) is 6.08 Å². The highest BCUT2D eigenvalue weighted by atomic mass is 79.9. The van der Waals surface area contributed by atoms with Gasteiger partial charge in [0.05, 0.1) is 20.3 Å². The second-order valence-corrected chi connectivity index (χ2v) is 6.37. The first-order chi connectivity index (χ1) is 10.4. The van der Waals surface area contributed by atoms with Gasteiger partial charge >= 0.3 is 0 Å². The molecule has 1 aliphatic heterocycles. The SMILES string of the molecule is O=C1Nc2cc(F)ccc2NC1=Cc1cc(Br)c(O)c(Br)c1. The van der Waals surface area contributed by atoms with Gasteiger partial charge in [-0.25, -0.2) is 4.39 Å². The lowest BCUT2D eigenvalue weighted by Gasteiger charge is -2.21. The lowest BCUT2D eigenvalue weighted by Crippen LogP contribution is -2.25. The maximum absolute atomic E-state index is 13.2. The van der Waals surface area contributed by atoms with Gasteiger partial charge in [0.15, 0.2) is 0 Å². The second-order valence-electron chi connectivity index (χ2n) is 4.66. The number of phenolic OH excluding ortho intramolecular Hbond substituents is 1. The first kappa shape index (κ1) is 15.1. The van der Waals surface area contributed by atoms with E-state index in [0.717, 1.165) is 0 Å². The fourth-order valence-corrected chi connectivity index (χ4v) is 3.28. The van der Waals surface area contributed by atoms with Crippen molar-refractivity contribution in [2.45, 2.75) is 0 Å². The molecule has 7 heteroatoms. The molecule has 0 unspecified atom stereocenters. The summed E-state index contributed by atoms with van der Waals surface area (Å²) in [5.74, 6) is -0.692. The smallest absolute Gasteiger partial charge is 0.272 e. The molecule has 1 aliphatic rings. The minimum absolute atomic E-state index is 0.0871. The summed E-state index contributed by atoms with van der Waals surface area (Å²) in [6, 6.07) is 7.49. The number of phenols is 1. The van der Waals surface area contributed by atoms with Crippen molar-refractivity contribution in [3.05, 3.63) is 56.4 Å².